The molecule has 0 saturated carbocycles. The van der Waals surface area contributed by atoms with Crippen LogP contribution in [-0.2, 0) is 4.74 Å². The summed E-state index contributed by atoms with van der Waals surface area (Å²) in [6.07, 6.45) is -0.571. The average molecular weight is 228 g/mol. The van der Waals surface area contributed by atoms with Gasteiger partial charge in [-0.3, -0.25) is 4.90 Å². The largest absolute Gasteiger partial charge is 0.446 e. The Labute approximate surface area is 94.6 Å². The van der Waals surface area contributed by atoms with Gasteiger partial charge in [-0.2, -0.15) is 0 Å². The molecule has 0 aliphatic carbocycles. The predicted octanol–water partition coefficient (Wildman–Crippen LogP) is 3.23. The van der Waals surface area contributed by atoms with Crippen molar-refractivity contribution >= 4 is 23.4 Å². The van der Waals surface area contributed by atoms with E-state index in [0.29, 0.717) is 0 Å². The SMILES string of the molecule is CC(C)OC(=O)N(CCl)c1ccccc1. The summed E-state index contributed by atoms with van der Waals surface area (Å²) in [7, 11) is 0. The molecule has 0 unspecified atom stereocenters. The number of amides is 1. The van der Waals surface area contributed by atoms with Crippen LogP contribution >= 0.6 is 11.6 Å². The van der Waals surface area contributed by atoms with Gasteiger partial charge in [-0.05, 0) is 26.0 Å². The van der Waals surface area contributed by atoms with E-state index < -0.39 is 6.09 Å². The van der Waals surface area contributed by atoms with Crippen LogP contribution in [0.25, 0.3) is 0 Å². The second-order valence-corrected chi connectivity index (χ2v) is 3.55. The second kappa shape index (κ2) is 5.61. The summed E-state index contributed by atoms with van der Waals surface area (Å²) in [6.45, 7) is 3.60. The highest BCUT2D eigenvalue weighted by Gasteiger charge is 2.16. The van der Waals surface area contributed by atoms with E-state index in [-0.39, 0.29) is 12.1 Å². The Kier molecular flexibility index (Phi) is 4.43. The van der Waals surface area contributed by atoms with Crippen molar-refractivity contribution in [3.63, 3.8) is 0 Å². The number of anilines is 1. The van der Waals surface area contributed by atoms with E-state index in [1.165, 1.54) is 4.90 Å². The summed E-state index contributed by atoms with van der Waals surface area (Å²) < 4.78 is 5.06. The normalized spacial score (nSPS) is 10.1. The van der Waals surface area contributed by atoms with Crippen LogP contribution in [0, 0.1) is 0 Å². The fourth-order valence-electron chi connectivity index (χ4n) is 1.10. The molecule has 0 atom stereocenters. The summed E-state index contributed by atoms with van der Waals surface area (Å²) in [6, 6.07) is 9.27. The Balaban J connectivity index is 2.76. The molecule has 1 aromatic rings. The number of carbonyl (C=O) groups excluding carboxylic acids is 1. The molecule has 3 nitrogen and oxygen atoms in total. The number of alkyl halides is 1. The molecule has 1 aromatic carbocycles. The first-order valence-corrected chi connectivity index (χ1v) is 5.27. The lowest BCUT2D eigenvalue weighted by molar-refractivity contribution is 0.123. The summed E-state index contributed by atoms with van der Waals surface area (Å²) in [5.41, 5.74) is 0.734. The van der Waals surface area contributed by atoms with Crippen LogP contribution in [0.15, 0.2) is 30.3 Å². The lowest BCUT2D eigenvalue weighted by atomic mass is 10.3. The van der Waals surface area contributed by atoms with Crippen LogP contribution in [0.2, 0.25) is 0 Å². The maximum absolute atomic E-state index is 11.6. The number of carbonyl (C=O) groups is 1. The minimum Gasteiger partial charge on any atom is -0.446 e. The van der Waals surface area contributed by atoms with E-state index >= 15 is 0 Å². The quantitative estimate of drug-likeness (QED) is 0.586. The van der Waals surface area contributed by atoms with Crippen LogP contribution in [0.1, 0.15) is 13.8 Å². The molecule has 4 heteroatoms. The Morgan fingerprint density at radius 2 is 2.00 bits per heavy atom. The number of ether oxygens (including phenoxy) is 1. The van der Waals surface area contributed by atoms with Crippen molar-refractivity contribution in [2.75, 3.05) is 10.9 Å². The number of hydrogen-bond donors (Lipinski definition) is 0. The molecule has 0 N–H and O–H groups in total. The molecule has 0 heterocycles. The first kappa shape index (κ1) is 11.9. The zero-order chi connectivity index (χ0) is 11.3. The first-order chi connectivity index (χ1) is 7.15. The number of halogens is 1. The van der Waals surface area contributed by atoms with Crippen molar-refractivity contribution in [3.8, 4) is 0 Å². The third-order valence-electron chi connectivity index (χ3n) is 1.74. The summed E-state index contributed by atoms with van der Waals surface area (Å²) >= 11 is 5.71. The maximum Gasteiger partial charge on any atom is 0.415 e. The first-order valence-electron chi connectivity index (χ1n) is 4.74. The molecule has 0 saturated heterocycles. The van der Waals surface area contributed by atoms with E-state index in [9.17, 15) is 4.79 Å². The van der Waals surface area contributed by atoms with Crippen molar-refractivity contribution in [1.29, 1.82) is 0 Å². The number of nitrogens with zero attached hydrogens (tertiary/aromatic N) is 1. The van der Waals surface area contributed by atoms with E-state index in [1.54, 1.807) is 13.8 Å². The zero-order valence-corrected chi connectivity index (χ0v) is 9.57. The standard InChI is InChI=1S/C11H14ClNO2/c1-9(2)15-11(14)13(8-12)10-6-4-3-5-7-10/h3-7,9H,8H2,1-2H3. The van der Waals surface area contributed by atoms with E-state index in [2.05, 4.69) is 0 Å². The van der Waals surface area contributed by atoms with Crippen molar-refractivity contribution < 1.29 is 9.53 Å². The highest BCUT2D eigenvalue weighted by molar-refractivity contribution is 6.21. The summed E-state index contributed by atoms with van der Waals surface area (Å²) in [5.74, 6) is 0. The maximum atomic E-state index is 11.6. The summed E-state index contributed by atoms with van der Waals surface area (Å²) in [5, 5.41) is 0. The van der Waals surface area contributed by atoms with Gasteiger partial charge in [0.25, 0.3) is 0 Å². The monoisotopic (exact) mass is 227 g/mol. The van der Waals surface area contributed by atoms with Gasteiger partial charge in [0.1, 0.15) is 6.00 Å². The molecular weight excluding hydrogens is 214 g/mol. The zero-order valence-electron chi connectivity index (χ0n) is 8.81. The van der Waals surface area contributed by atoms with Crippen molar-refractivity contribution in [1.82, 2.24) is 0 Å². The second-order valence-electron chi connectivity index (χ2n) is 3.32. The van der Waals surface area contributed by atoms with Crippen LogP contribution in [0.5, 0.6) is 0 Å². The Bertz CT molecular complexity index is 314. The molecule has 1 rings (SSSR count). The van der Waals surface area contributed by atoms with Gasteiger partial charge in [-0.1, -0.05) is 18.2 Å². The molecule has 0 radical (unpaired) electrons. The third kappa shape index (κ3) is 3.44. The lowest BCUT2D eigenvalue weighted by Crippen LogP contribution is -2.32. The number of benzene rings is 1. The molecule has 0 bridgehead atoms. The van der Waals surface area contributed by atoms with Gasteiger partial charge in [0.05, 0.1) is 6.10 Å². The topological polar surface area (TPSA) is 29.5 Å². The van der Waals surface area contributed by atoms with Crippen LogP contribution in [0.4, 0.5) is 10.5 Å². The van der Waals surface area contributed by atoms with E-state index in [4.69, 9.17) is 16.3 Å². The van der Waals surface area contributed by atoms with E-state index in [0.717, 1.165) is 5.69 Å². The van der Waals surface area contributed by atoms with Crippen LogP contribution in [-0.4, -0.2) is 18.2 Å². The number of para-hydroxylation sites is 1. The lowest BCUT2D eigenvalue weighted by Gasteiger charge is -2.20. The van der Waals surface area contributed by atoms with Gasteiger partial charge in [0.2, 0.25) is 0 Å². The Morgan fingerprint density at radius 3 is 2.47 bits per heavy atom. The van der Waals surface area contributed by atoms with Gasteiger partial charge in [-0.15, -0.1) is 11.6 Å². The van der Waals surface area contributed by atoms with Gasteiger partial charge >= 0.3 is 6.09 Å². The van der Waals surface area contributed by atoms with Gasteiger partial charge in [-0.25, -0.2) is 4.79 Å². The molecular formula is C11H14ClNO2. The van der Waals surface area contributed by atoms with Crippen LogP contribution < -0.4 is 4.90 Å². The van der Waals surface area contributed by atoms with E-state index in [1.807, 2.05) is 30.3 Å². The van der Waals surface area contributed by atoms with Gasteiger partial charge in [0, 0.05) is 5.69 Å². The Hall–Kier alpha value is -1.22. The molecule has 15 heavy (non-hydrogen) atoms. The fourth-order valence-corrected chi connectivity index (χ4v) is 1.33. The molecule has 1 amide bonds. The molecule has 0 aliphatic rings. The molecule has 0 spiro atoms. The molecule has 0 fully saturated rings. The minimum absolute atomic E-state index is 0.0789. The van der Waals surface area contributed by atoms with Crippen LogP contribution in [0.3, 0.4) is 0 Å². The average Bonchev–Trinajstić information content (AvgIpc) is 2.19. The van der Waals surface area contributed by atoms with Crippen molar-refractivity contribution in [2.24, 2.45) is 0 Å². The predicted molar refractivity (Wildman–Crippen MR) is 61.3 cm³/mol. The van der Waals surface area contributed by atoms with Crippen molar-refractivity contribution in [2.45, 2.75) is 20.0 Å². The number of rotatable bonds is 3. The third-order valence-corrected chi connectivity index (χ3v) is 1.98. The summed E-state index contributed by atoms with van der Waals surface area (Å²) in [4.78, 5) is 13.0. The molecule has 0 aliphatic heterocycles. The minimum atomic E-state index is -0.425. The highest BCUT2D eigenvalue weighted by Crippen LogP contribution is 2.15. The van der Waals surface area contributed by atoms with Crippen molar-refractivity contribution in [3.05, 3.63) is 30.3 Å². The fraction of sp³-hybridized carbons (Fsp3) is 0.364. The number of hydrogen-bond acceptors (Lipinski definition) is 2. The highest BCUT2D eigenvalue weighted by atomic mass is 35.5. The van der Waals surface area contributed by atoms with Gasteiger partial charge < -0.3 is 4.74 Å². The molecule has 0 aromatic heterocycles. The van der Waals surface area contributed by atoms with Gasteiger partial charge in [0.15, 0.2) is 0 Å². The Morgan fingerprint density at radius 1 is 1.40 bits per heavy atom. The smallest absolute Gasteiger partial charge is 0.415 e. The molecule has 82 valence electrons.